The number of aromatic nitrogens is 4. The standard InChI is InChI=1S/C19H13F3N4O6S/c1-31-17(28)12-4-2-11(3-5-12)9-25-16(27)14-8-13(32-33(29,30)19(20,21)22)6-7-15(14)26-10-23-24-18(25)26/h2-8,10H,9H2,1H3. The quantitative estimate of drug-likeness (QED) is 0.241. The van der Waals surface area contributed by atoms with E-state index in [9.17, 15) is 31.2 Å². The maximum absolute atomic E-state index is 13.2. The molecule has 0 amide bonds. The number of ether oxygens (including phenoxy) is 1. The van der Waals surface area contributed by atoms with Gasteiger partial charge in [-0.15, -0.1) is 10.2 Å². The summed E-state index contributed by atoms with van der Waals surface area (Å²) in [6.07, 6.45) is 1.29. The fourth-order valence-electron chi connectivity index (χ4n) is 3.13. The number of fused-ring (bicyclic) bond motifs is 3. The van der Waals surface area contributed by atoms with Gasteiger partial charge in [0.05, 0.1) is 30.1 Å². The maximum atomic E-state index is 13.2. The highest BCUT2D eigenvalue weighted by Gasteiger charge is 2.48. The van der Waals surface area contributed by atoms with Crippen LogP contribution in [0, 0.1) is 0 Å². The third-order valence-corrected chi connectivity index (χ3v) is 5.66. The van der Waals surface area contributed by atoms with E-state index in [4.69, 9.17) is 0 Å². The van der Waals surface area contributed by atoms with E-state index in [0.29, 0.717) is 11.1 Å². The number of hydrogen-bond donors (Lipinski definition) is 0. The zero-order valence-electron chi connectivity index (χ0n) is 16.6. The summed E-state index contributed by atoms with van der Waals surface area (Å²) in [4.78, 5) is 24.8. The van der Waals surface area contributed by atoms with Crippen LogP contribution in [-0.2, 0) is 21.4 Å². The second-order valence-electron chi connectivity index (χ2n) is 6.74. The van der Waals surface area contributed by atoms with E-state index >= 15 is 0 Å². The van der Waals surface area contributed by atoms with Gasteiger partial charge in [0.15, 0.2) is 0 Å². The Kier molecular flexibility index (Phi) is 5.32. The van der Waals surface area contributed by atoms with Crippen molar-refractivity contribution in [3.05, 3.63) is 70.3 Å². The summed E-state index contributed by atoms with van der Waals surface area (Å²) < 4.78 is 72.0. The molecule has 0 aliphatic heterocycles. The Morgan fingerprint density at radius 3 is 2.45 bits per heavy atom. The molecule has 2 aromatic heterocycles. The van der Waals surface area contributed by atoms with E-state index in [1.54, 1.807) is 12.1 Å². The largest absolute Gasteiger partial charge is 0.534 e. The molecule has 2 aromatic carbocycles. The van der Waals surface area contributed by atoms with Gasteiger partial charge in [-0.05, 0) is 35.9 Å². The molecule has 0 radical (unpaired) electrons. The molecule has 33 heavy (non-hydrogen) atoms. The normalized spacial score (nSPS) is 12.2. The van der Waals surface area contributed by atoms with Gasteiger partial charge in [-0.1, -0.05) is 12.1 Å². The number of alkyl halides is 3. The van der Waals surface area contributed by atoms with Crippen LogP contribution in [0.5, 0.6) is 5.75 Å². The van der Waals surface area contributed by atoms with Crippen LogP contribution in [-0.4, -0.2) is 46.2 Å². The summed E-state index contributed by atoms with van der Waals surface area (Å²) in [5, 5.41) is 7.58. The van der Waals surface area contributed by atoms with Crippen LogP contribution >= 0.6 is 0 Å². The van der Waals surface area contributed by atoms with E-state index in [-0.39, 0.29) is 23.2 Å². The Hall–Kier alpha value is -3.94. The minimum Gasteiger partial charge on any atom is -0.465 e. The molecule has 0 unspecified atom stereocenters. The van der Waals surface area contributed by atoms with Crippen molar-refractivity contribution in [3.8, 4) is 5.75 Å². The molecule has 0 bridgehead atoms. The lowest BCUT2D eigenvalue weighted by atomic mass is 10.1. The molecule has 4 aromatic rings. The molecule has 0 N–H and O–H groups in total. The van der Waals surface area contributed by atoms with E-state index in [1.165, 1.54) is 40.6 Å². The number of carbonyl (C=O) groups excluding carboxylic acids is 1. The van der Waals surface area contributed by atoms with Gasteiger partial charge in [0, 0.05) is 0 Å². The van der Waals surface area contributed by atoms with Crippen LogP contribution in [0.2, 0.25) is 0 Å². The monoisotopic (exact) mass is 482 g/mol. The molecule has 0 fully saturated rings. The SMILES string of the molecule is COC(=O)c1ccc(Cn2c(=O)c3cc(OS(=O)(=O)C(F)(F)F)ccc3n3cnnc23)cc1. The predicted molar refractivity (Wildman–Crippen MR) is 107 cm³/mol. The molecule has 172 valence electrons. The van der Waals surface area contributed by atoms with Gasteiger partial charge in [0.2, 0.25) is 5.78 Å². The second-order valence-corrected chi connectivity index (χ2v) is 8.28. The third kappa shape index (κ3) is 4.00. The lowest BCUT2D eigenvalue weighted by Crippen LogP contribution is -2.28. The van der Waals surface area contributed by atoms with Gasteiger partial charge >= 0.3 is 21.6 Å². The number of hydrogen-bond acceptors (Lipinski definition) is 8. The lowest BCUT2D eigenvalue weighted by Gasteiger charge is -2.12. The smallest absolute Gasteiger partial charge is 0.465 e. The number of nitrogens with zero attached hydrogens (tertiary/aromatic N) is 4. The third-order valence-electron chi connectivity index (χ3n) is 4.68. The first kappa shape index (κ1) is 22.3. The van der Waals surface area contributed by atoms with Crippen LogP contribution in [0.4, 0.5) is 13.2 Å². The van der Waals surface area contributed by atoms with Crippen LogP contribution in [0.1, 0.15) is 15.9 Å². The average Bonchev–Trinajstić information content (AvgIpc) is 3.25. The summed E-state index contributed by atoms with van der Waals surface area (Å²) in [5.74, 6) is -1.08. The molecule has 14 heteroatoms. The number of carbonyl (C=O) groups is 1. The van der Waals surface area contributed by atoms with E-state index < -0.39 is 32.9 Å². The lowest BCUT2D eigenvalue weighted by molar-refractivity contribution is -0.0500. The summed E-state index contributed by atoms with van der Waals surface area (Å²) in [5.41, 5.74) is -5.17. The fourth-order valence-corrected chi connectivity index (χ4v) is 3.58. The zero-order valence-corrected chi connectivity index (χ0v) is 17.4. The molecular weight excluding hydrogens is 469 g/mol. The van der Waals surface area contributed by atoms with E-state index in [1.807, 2.05) is 0 Å². The Balaban J connectivity index is 1.81. The molecular formula is C19H13F3N4O6S. The number of halogens is 3. The number of esters is 1. The molecule has 0 atom stereocenters. The summed E-state index contributed by atoms with van der Waals surface area (Å²) >= 11 is 0. The molecule has 10 nitrogen and oxygen atoms in total. The minimum absolute atomic E-state index is 0.0235. The first-order valence-electron chi connectivity index (χ1n) is 9.06. The molecule has 4 rings (SSSR count). The van der Waals surface area contributed by atoms with Gasteiger partial charge < -0.3 is 8.92 Å². The topological polar surface area (TPSA) is 122 Å². The van der Waals surface area contributed by atoms with Crippen molar-refractivity contribution >= 4 is 32.8 Å². The van der Waals surface area contributed by atoms with Crippen molar-refractivity contribution in [3.63, 3.8) is 0 Å². The van der Waals surface area contributed by atoms with Crippen molar-refractivity contribution in [1.82, 2.24) is 19.2 Å². The predicted octanol–water partition coefficient (Wildman–Crippen LogP) is 2.11. The van der Waals surface area contributed by atoms with Crippen LogP contribution < -0.4 is 9.74 Å². The fraction of sp³-hybridized carbons (Fsp3) is 0.158. The Labute approximate surface area is 182 Å². The van der Waals surface area contributed by atoms with Crippen molar-refractivity contribution in [2.24, 2.45) is 0 Å². The number of benzene rings is 2. The molecule has 0 saturated carbocycles. The Bertz CT molecular complexity index is 1540. The van der Waals surface area contributed by atoms with Crippen LogP contribution in [0.3, 0.4) is 0 Å². The molecule has 2 heterocycles. The first-order chi connectivity index (χ1) is 15.5. The molecule has 0 aliphatic carbocycles. The summed E-state index contributed by atoms with van der Waals surface area (Å²) in [6.45, 7) is -0.0235. The van der Waals surface area contributed by atoms with Crippen molar-refractivity contribution in [2.45, 2.75) is 12.1 Å². The van der Waals surface area contributed by atoms with Gasteiger partial charge in [-0.2, -0.15) is 21.6 Å². The van der Waals surface area contributed by atoms with E-state index in [0.717, 1.165) is 12.1 Å². The summed E-state index contributed by atoms with van der Waals surface area (Å²) in [7, 11) is -4.67. The van der Waals surface area contributed by atoms with Crippen molar-refractivity contribution in [2.75, 3.05) is 7.11 Å². The Morgan fingerprint density at radius 2 is 1.82 bits per heavy atom. The van der Waals surface area contributed by atoms with Crippen LogP contribution in [0.25, 0.3) is 16.7 Å². The van der Waals surface area contributed by atoms with Gasteiger partial charge in [-0.25, -0.2) is 4.79 Å². The van der Waals surface area contributed by atoms with Crippen molar-refractivity contribution < 1.29 is 35.3 Å². The molecule has 0 saturated heterocycles. The molecule has 0 spiro atoms. The zero-order chi connectivity index (χ0) is 24.0. The minimum atomic E-state index is -5.91. The van der Waals surface area contributed by atoms with Gasteiger partial charge in [-0.3, -0.25) is 13.8 Å². The summed E-state index contributed by atoms with van der Waals surface area (Å²) in [6, 6.07) is 9.29. The maximum Gasteiger partial charge on any atom is 0.534 e. The van der Waals surface area contributed by atoms with Crippen molar-refractivity contribution in [1.29, 1.82) is 0 Å². The van der Waals surface area contributed by atoms with E-state index in [2.05, 4.69) is 19.1 Å². The number of rotatable bonds is 5. The second kappa shape index (κ2) is 7.88. The van der Waals surface area contributed by atoms with Gasteiger partial charge in [0.1, 0.15) is 12.1 Å². The first-order valence-corrected chi connectivity index (χ1v) is 10.5. The Morgan fingerprint density at radius 1 is 1.12 bits per heavy atom. The molecule has 0 aliphatic rings. The van der Waals surface area contributed by atoms with Crippen LogP contribution in [0.15, 0.2) is 53.6 Å². The van der Waals surface area contributed by atoms with Gasteiger partial charge in [0.25, 0.3) is 5.56 Å². The highest BCUT2D eigenvalue weighted by Crippen LogP contribution is 2.28. The average molecular weight is 482 g/mol. The number of methoxy groups -OCH3 is 1. The highest BCUT2D eigenvalue weighted by atomic mass is 32.2. The highest BCUT2D eigenvalue weighted by molar-refractivity contribution is 7.88.